The summed E-state index contributed by atoms with van der Waals surface area (Å²) in [5, 5.41) is 4.96. The molecule has 3 unspecified atom stereocenters. The zero-order valence-electron chi connectivity index (χ0n) is 39.1. The van der Waals surface area contributed by atoms with E-state index < -0.39 is 0 Å². The van der Waals surface area contributed by atoms with Gasteiger partial charge in [-0.05, 0) is 156 Å². The Kier molecular flexibility index (Phi) is 11.7. The van der Waals surface area contributed by atoms with Crippen molar-refractivity contribution in [2.45, 2.75) is 31.3 Å². The molecule has 8 aromatic carbocycles. The normalized spacial score (nSPS) is 17.9. The van der Waals surface area contributed by atoms with Gasteiger partial charge in [0.15, 0.2) is 0 Å². The van der Waals surface area contributed by atoms with Crippen LogP contribution in [0.3, 0.4) is 0 Å². The standard InChI is InChI=1S/C66H54N4/c1-4-22-55(23-5-1)68(64-31-28-49-16-10-13-19-52(49)46-64)61-40-34-58(35-41-61)67(59-36-42-62(43-37-59)69(56-24-6-2-7-25-56)65-32-29-50-17-11-14-20-53(50)47-65)60-38-44-63(45-39-60)70(57-26-8-3-9-27-57)66-33-30-51-18-12-15-21-54(51)48-66/h1-26,28-42,44-45,47-48,52,57,62H,27,43,46H2. The van der Waals surface area contributed by atoms with Gasteiger partial charge in [-0.25, -0.2) is 0 Å². The first-order valence-corrected chi connectivity index (χ1v) is 24.6. The quantitative estimate of drug-likeness (QED) is 0.121. The second-order valence-electron chi connectivity index (χ2n) is 18.5. The maximum Gasteiger partial charge on any atom is 0.0561 e. The molecule has 4 aliphatic carbocycles. The third-order valence-electron chi connectivity index (χ3n) is 14.1. The minimum Gasteiger partial charge on any atom is -0.334 e. The Morgan fingerprint density at radius 2 is 0.857 bits per heavy atom. The summed E-state index contributed by atoms with van der Waals surface area (Å²) in [6.07, 6.45) is 32.2. The van der Waals surface area contributed by atoms with E-state index in [0.717, 1.165) is 53.4 Å². The van der Waals surface area contributed by atoms with E-state index in [0.29, 0.717) is 5.92 Å². The summed E-state index contributed by atoms with van der Waals surface area (Å²) in [7, 11) is 0. The van der Waals surface area contributed by atoms with Crippen molar-refractivity contribution in [1.82, 2.24) is 0 Å². The Hall–Kier alpha value is -8.60. The predicted octanol–water partition coefficient (Wildman–Crippen LogP) is 17.3. The van der Waals surface area contributed by atoms with Crippen molar-refractivity contribution in [3.05, 3.63) is 290 Å². The van der Waals surface area contributed by atoms with E-state index in [2.05, 4.69) is 293 Å². The fourth-order valence-electron chi connectivity index (χ4n) is 10.7. The lowest BCUT2D eigenvalue weighted by Crippen LogP contribution is -2.31. The van der Waals surface area contributed by atoms with Crippen LogP contribution in [0.4, 0.5) is 45.5 Å². The van der Waals surface area contributed by atoms with Crippen LogP contribution >= 0.6 is 0 Å². The summed E-state index contributed by atoms with van der Waals surface area (Å²) in [4.78, 5) is 9.82. The molecule has 0 bridgehead atoms. The highest BCUT2D eigenvalue weighted by atomic mass is 15.2. The molecule has 4 nitrogen and oxygen atoms in total. The van der Waals surface area contributed by atoms with E-state index in [1.165, 1.54) is 49.9 Å². The first-order chi connectivity index (χ1) is 34.7. The number of benzene rings is 8. The van der Waals surface area contributed by atoms with E-state index in [9.17, 15) is 0 Å². The number of para-hydroxylation sites is 2. The van der Waals surface area contributed by atoms with Gasteiger partial charge in [-0.1, -0.05) is 164 Å². The molecule has 0 saturated carbocycles. The van der Waals surface area contributed by atoms with E-state index in [4.69, 9.17) is 0 Å². The lowest BCUT2D eigenvalue weighted by Gasteiger charge is -2.36. The van der Waals surface area contributed by atoms with Crippen molar-refractivity contribution >= 4 is 67.0 Å². The van der Waals surface area contributed by atoms with Crippen LogP contribution in [0, 0.1) is 5.92 Å². The minimum atomic E-state index is 0.110. The van der Waals surface area contributed by atoms with Crippen LogP contribution in [-0.2, 0) is 0 Å². The SMILES string of the molecule is C1=CCC(N(c2ccc(N(C3=CCC(N(c4ccccc4)c4ccc5ccccc5c4)C=C3)c3ccc(N(C4=CC=C5C=CC=CC5C4)c4ccccc4)cc3)cc2)c2ccc3ccccc3c2)C=C1. The monoisotopic (exact) mass is 902 g/mol. The molecule has 0 spiro atoms. The summed E-state index contributed by atoms with van der Waals surface area (Å²) in [5.41, 5.74) is 12.9. The number of hydrogen-bond donors (Lipinski definition) is 0. The van der Waals surface area contributed by atoms with Crippen molar-refractivity contribution in [3.63, 3.8) is 0 Å². The third kappa shape index (κ3) is 8.61. The van der Waals surface area contributed by atoms with E-state index in [-0.39, 0.29) is 12.1 Å². The Morgan fingerprint density at radius 3 is 1.44 bits per heavy atom. The van der Waals surface area contributed by atoms with Crippen LogP contribution in [0.5, 0.6) is 0 Å². The molecule has 8 aromatic rings. The molecule has 0 heterocycles. The number of allylic oxidation sites excluding steroid dienone is 11. The zero-order valence-corrected chi connectivity index (χ0v) is 39.1. The molecule has 0 saturated heterocycles. The number of rotatable bonds is 12. The van der Waals surface area contributed by atoms with Crippen LogP contribution in [-0.4, -0.2) is 12.1 Å². The third-order valence-corrected chi connectivity index (χ3v) is 14.1. The van der Waals surface area contributed by atoms with Crippen LogP contribution in [0.1, 0.15) is 19.3 Å². The molecule has 4 heteroatoms. The molecule has 0 aromatic heterocycles. The summed E-state index contributed by atoms with van der Waals surface area (Å²) < 4.78 is 0. The Labute approximate surface area is 412 Å². The molecular weight excluding hydrogens is 849 g/mol. The number of fused-ring (bicyclic) bond motifs is 3. The molecular formula is C66H54N4. The average Bonchev–Trinajstić information content (AvgIpc) is 3.43. The minimum absolute atomic E-state index is 0.110. The van der Waals surface area contributed by atoms with E-state index in [1.54, 1.807) is 0 Å². The van der Waals surface area contributed by atoms with Gasteiger partial charge in [0, 0.05) is 62.8 Å². The van der Waals surface area contributed by atoms with Gasteiger partial charge in [0.1, 0.15) is 0 Å². The molecule has 0 N–H and O–H groups in total. The highest BCUT2D eigenvalue weighted by molar-refractivity contribution is 5.89. The van der Waals surface area contributed by atoms with Gasteiger partial charge >= 0.3 is 0 Å². The predicted molar refractivity (Wildman–Crippen MR) is 297 cm³/mol. The molecule has 0 aliphatic heterocycles. The number of anilines is 8. The molecule has 4 aliphatic rings. The van der Waals surface area contributed by atoms with Gasteiger partial charge in [0.05, 0.1) is 12.1 Å². The van der Waals surface area contributed by atoms with Crippen molar-refractivity contribution < 1.29 is 0 Å². The molecule has 0 fully saturated rings. The fourth-order valence-corrected chi connectivity index (χ4v) is 10.7. The van der Waals surface area contributed by atoms with Gasteiger partial charge in [-0.2, -0.15) is 0 Å². The van der Waals surface area contributed by atoms with Gasteiger partial charge in [0.2, 0.25) is 0 Å². The van der Waals surface area contributed by atoms with Gasteiger partial charge < -0.3 is 19.6 Å². The van der Waals surface area contributed by atoms with Crippen LogP contribution in [0.15, 0.2) is 290 Å². The highest BCUT2D eigenvalue weighted by Crippen LogP contribution is 2.42. The smallest absolute Gasteiger partial charge is 0.0561 e. The number of hydrogen-bond acceptors (Lipinski definition) is 4. The lowest BCUT2D eigenvalue weighted by molar-refractivity contribution is 0.732. The molecule has 12 rings (SSSR count). The van der Waals surface area contributed by atoms with E-state index in [1.807, 2.05) is 0 Å². The highest BCUT2D eigenvalue weighted by Gasteiger charge is 2.27. The molecule has 0 amide bonds. The Balaban J connectivity index is 0.922. The first-order valence-electron chi connectivity index (χ1n) is 24.6. The topological polar surface area (TPSA) is 13.0 Å². The van der Waals surface area contributed by atoms with Crippen molar-refractivity contribution in [2.24, 2.45) is 5.92 Å². The first kappa shape index (κ1) is 42.7. The zero-order chi connectivity index (χ0) is 46.6. The van der Waals surface area contributed by atoms with Gasteiger partial charge in [0.25, 0.3) is 0 Å². The second kappa shape index (κ2) is 19.2. The lowest BCUT2D eigenvalue weighted by atomic mass is 9.86. The summed E-state index contributed by atoms with van der Waals surface area (Å²) in [6.45, 7) is 0. The van der Waals surface area contributed by atoms with Crippen LogP contribution in [0.2, 0.25) is 0 Å². The van der Waals surface area contributed by atoms with E-state index >= 15 is 0 Å². The Morgan fingerprint density at radius 1 is 0.357 bits per heavy atom. The van der Waals surface area contributed by atoms with Crippen LogP contribution < -0.4 is 19.6 Å². The van der Waals surface area contributed by atoms with Gasteiger partial charge in [-0.3, -0.25) is 0 Å². The molecule has 70 heavy (non-hydrogen) atoms. The maximum atomic E-state index is 2.49. The van der Waals surface area contributed by atoms with Crippen molar-refractivity contribution in [3.8, 4) is 0 Å². The van der Waals surface area contributed by atoms with Crippen LogP contribution in [0.25, 0.3) is 21.5 Å². The molecule has 0 radical (unpaired) electrons. The molecule has 3 atom stereocenters. The summed E-state index contributed by atoms with van der Waals surface area (Å²) in [5.74, 6) is 0.365. The largest absolute Gasteiger partial charge is 0.334 e. The van der Waals surface area contributed by atoms with Gasteiger partial charge in [-0.15, -0.1) is 0 Å². The maximum absolute atomic E-state index is 2.49. The Bertz CT molecular complexity index is 3430. The number of nitrogens with zero attached hydrogens (tertiary/aromatic N) is 4. The molecule has 338 valence electrons. The van der Waals surface area contributed by atoms with Crippen molar-refractivity contribution in [2.75, 3.05) is 19.6 Å². The fraction of sp³-hybridized carbons (Fsp3) is 0.0909. The summed E-state index contributed by atoms with van der Waals surface area (Å²) in [6, 6.07) is 71.2. The van der Waals surface area contributed by atoms with Crippen molar-refractivity contribution in [1.29, 1.82) is 0 Å². The average molecular weight is 903 g/mol. The second-order valence-corrected chi connectivity index (χ2v) is 18.5. The summed E-state index contributed by atoms with van der Waals surface area (Å²) >= 11 is 0.